The number of nitro groups is 1. The molecule has 0 atom stereocenters. The minimum absolute atomic E-state index is 0.0459. The molecule has 13 heteroatoms. The monoisotopic (exact) mass is 529 g/mol. The van der Waals surface area contributed by atoms with Crippen LogP contribution in [0, 0.1) is 10.1 Å². The fourth-order valence-electron chi connectivity index (χ4n) is 3.63. The van der Waals surface area contributed by atoms with E-state index in [1.807, 2.05) is 0 Å². The maximum Gasteiger partial charge on any atom is 0.534 e. The number of unbranched alkanes of at least 4 members (excludes halogenated alkanes) is 1. The van der Waals surface area contributed by atoms with Crippen LogP contribution in [-0.4, -0.2) is 43.4 Å². The van der Waals surface area contributed by atoms with Crippen molar-refractivity contribution in [2.75, 3.05) is 19.6 Å². The molecule has 1 N–H and O–H groups in total. The highest BCUT2D eigenvalue weighted by atomic mass is 32.2. The second kappa shape index (κ2) is 12.2. The predicted molar refractivity (Wildman–Crippen MR) is 125 cm³/mol. The Labute approximate surface area is 206 Å². The zero-order valence-electron chi connectivity index (χ0n) is 19.2. The molecule has 0 spiro atoms. The van der Waals surface area contributed by atoms with E-state index in [1.54, 1.807) is 24.3 Å². The number of non-ortho nitro benzene ring substituents is 1. The van der Waals surface area contributed by atoms with Crippen LogP contribution in [-0.2, 0) is 34.3 Å². The summed E-state index contributed by atoms with van der Waals surface area (Å²) in [5.41, 5.74) is 0.0235. The summed E-state index contributed by atoms with van der Waals surface area (Å²) in [6.07, 6.45) is 6.27. The number of hydrogen-bond donors (Lipinski definition) is 1. The van der Waals surface area contributed by atoms with E-state index >= 15 is 0 Å². The summed E-state index contributed by atoms with van der Waals surface area (Å²) in [6, 6.07) is 10.5. The lowest BCUT2D eigenvalue weighted by Crippen LogP contribution is -2.32. The van der Waals surface area contributed by atoms with Gasteiger partial charge in [0.05, 0.1) is 4.92 Å². The van der Waals surface area contributed by atoms with Crippen LogP contribution in [0.5, 0.6) is 5.75 Å². The van der Waals surface area contributed by atoms with Crippen molar-refractivity contribution in [3.8, 4) is 5.75 Å². The number of fused-ring (bicyclic) bond motifs is 1. The normalized spacial score (nSPS) is 14.5. The molecule has 0 fully saturated rings. The number of alkyl halides is 3. The third kappa shape index (κ3) is 7.93. The molecule has 0 bridgehead atoms. The summed E-state index contributed by atoms with van der Waals surface area (Å²) in [5.74, 6) is -0.351. The summed E-state index contributed by atoms with van der Waals surface area (Å²) in [7, 11) is -5.70. The Kier molecular flexibility index (Phi) is 9.29. The third-order valence-electron chi connectivity index (χ3n) is 5.51. The molecule has 0 aliphatic carbocycles. The van der Waals surface area contributed by atoms with Gasteiger partial charge in [0.25, 0.3) is 5.69 Å². The van der Waals surface area contributed by atoms with Gasteiger partial charge in [-0.25, -0.2) is 0 Å². The maximum atomic E-state index is 12.6. The first kappa shape index (κ1) is 27.4. The fraction of sp³-hybridized carbons (Fsp3) is 0.391. The molecule has 1 aliphatic rings. The average Bonchev–Trinajstić information content (AvgIpc) is 2.82. The van der Waals surface area contributed by atoms with Crippen LogP contribution in [0.2, 0.25) is 0 Å². The lowest BCUT2D eigenvalue weighted by atomic mass is 9.99. The minimum atomic E-state index is -5.70. The van der Waals surface area contributed by atoms with Gasteiger partial charge in [-0.2, -0.15) is 27.1 Å². The highest BCUT2D eigenvalue weighted by Gasteiger charge is 2.48. The Bertz CT molecular complexity index is 1170. The number of hydrogen-bond acceptors (Lipinski definition) is 8. The van der Waals surface area contributed by atoms with Gasteiger partial charge in [-0.15, -0.1) is 0 Å². The van der Waals surface area contributed by atoms with Crippen molar-refractivity contribution in [3.05, 3.63) is 81.6 Å². The number of nitrogens with one attached hydrogen (secondary N) is 1. The van der Waals surface area contributed by atoms with Crippen molar-refractivity contribution in [3.63, 3.8) is 0 Å². The summed E-state index contributed by atoms with van der Waals surface area (Å²) >= 11 is 0. The molecular formula is C23H26F3N3O6S. The molecule has 36 heavy (non-hydrogen) atoms. The summed E-state index contributed by atoms with van der Waals surface area (Å²) in [4.78, 5) is 17.6. The highest BCUT2D eigenvalue weighted by Crippen LogP contribution is 2.29. The smallest absolute Gasteiger partial charge is 0.417 e. The molecule has 0 unspecified atom stereocenters. The standard InChI is InChI=1S/C23H26F3N3O6S/c24-23(25,26)36(32,33)35-22-10-7-19-11-14-28(17-20(19)16-22)13-2-1-12-27-34-15-3-4-18-5-8-21(9-6-18)29(30)31/h3,5-10,15-16,27H,1-2,4,11-14,17H2. The van der Waals surface area contributed by atoms with Crippen molar-refractivity contribution in [1.82, 2.24) is 10.4 Å². The molecule has 0 saturated carbocycles. The van der Waals surface area contributed by atoms with Gasteiger partial charge >= 0.3 is 15.6 Å². The van der Waals surface area contributed by atoms with Crippen LogP contribution < -0.4 is 9.66 Å². The Balaban J connectivity index is 1.33. The summed E-state index contributed by atoms with van der Waals surface area (Å²) in [5, 5.41) is 10.6. The topological polar surface area (TPSA) is 111 Å². The van der Waals surface area contributed by atoms with E-state index in [4.69, 9.17) is 4.84 Å². The van der Waals surface area contributed by atoms with Crippen molar-refractivity contribution in [2.24, 2.45) is 0 Å². The Morgan fingerprint density at radius 3 is 2.56 bits per heavy atom. The van der Waals surface area contributed by atoms with Gasteiger partial charge in [-0.1, -0.05) is 18.2 Å². The first-order valence-corrected chi connectivity index (χ1v) is 12.6. The lowest BCUT2D eigenvalue weighted by Gasteiger charge is -2.29. The van der Waals surface area contributed by atoms with Gasteiger partial charge in [0.1, 0.15) is 12.0 Å². The summed E-state index contributed by atoms with van der Waals surface area (Å²) < 4.78 is 64.4. The van der Waals surface area contributed by atoms with Crippen molar-refractivity contribution < 1.29 is 35.5 Å². The van der Waals surface area contributed by atoms with Crippen molar-refractivity contribution >= 4 is 15.8 Å². The van der Waals surface area contributed by atoms with Crippen molar-refractivity contribution in [1.29, 1.82) is 0 Å². The van der Waals surface area contributed by atoms with E-state index in [9.17, 15) is 31.7 Å². The summed E-state index contributed by atoms with van der Waals surface area (Å²) in [6.45, 7) is 2.67. The molecule has 2 aromatic carbocycles. The van der Waals surface area contributed by atoms with Gasteiger partial charge in [0.15, 0.2) is 0 Å². The second-order valence-electron chi connectivity index (χ2n) is 8.16. The quantitative estimate of drug-likeness (QED) is 0.109. The molecule has 9 nitrogen and oxygen atoms in total. The third-order valence-corrected chi connectivity index (χ3v) is 6.49. The maximum absolute atomic E-state index is 12.6. The van der Waals surface area contributed by atoms with Crippen LogP contribution in [0.15, 0.2) is 54.8 Å². The molecule has 0 saturated heterocycles. The van der Waals surface area contributed by atoms with Crippen molar-refractivity contribution in [2.45, 2.75) is 37.7 Å². The first-order valence-electron chi connectivity index (χ1n) is 11.2. The Hall–Kier alpha value is -3.16. The molecule has 1 heterocycles. The number of nitrogens with zero attached hydrogens (tertiary/aromatic N) is 2. The number of halogens is 3. The zero-order chi connectivity index (χ0) is 26.2. The fourth-order valence-corrected chi connectivity index (χ4v) is 4.09. The molecule has 1 aliphatic heterocycles. The molecule has 0 aromatic heterocycles. The molecule has 0 radical (unpaired) electrons. The molecule has 3 rings (SSSR count). The van der Waals surface area contributed by atoms with Gasteiger partial charge in [0, 0.05) is 31.8 Å². The number of benzene rings is 2. The minimum Gasteiger partial charge on any atom is -0.417 e. The number of allylic oxidation sites excluding steroid dienone is 1. The van der Waals surface area contributed by atoms with Gasteiger partial charge in [-0.05, 0) is 67.1 Å². The second-order valence-corrected chi connectivity index (χ2v) is 9.70. The van der Waals surface area contributed by atoms with Crippen LogP contribution in [0.4, 0.5) is 18.9 Å². The molecular weight excluding hydrogens is 503 g/mol. The van der Waals surface area contributed by atoms with E-state index in [1.165, 1.54) is 30.5 Å². The molecule has 0 amide bonds. The van der Waals surface area contributed by atoms with E-state index in [2.05, 4.69) is 14.6 Å². The average molecular weight is 530 g/mol. The van der Waals surface area contributed by atoms with E-state index in [0.29, 0.717) is 25.9 Å². The van der Waals surface area contributed by atoms with Gasteiger partial charge < -0.3 is 9.02 Å². The lowest BCUT2D eigenvalue weighted by molar-refractivity contribution is -0.384. The van der Waals surface area contributed by atoms with Crippen LogP contribution in [0.25, 0.3) is 0 Å². The largest absolute Gasteiger partial charge is 0.534 e. The number of hydroxylamine groups is 1. The SMILES string of the molecule is O=[N+]([O-])c1ccc(CC=CONCCCCN2CCc3ccc(OS(=O)(=O)C(F)(F)F)cc3C2)cc1. The Morgan fingerprint density at radius 1 is 1.11 bits per heavy atom. The number of nitro benzene ring substituents is 1. The van der Waals surface area contributed by atoms with Crippen LogP contribution in [0.3, 0.4) is 0 Å². The highest BCUT2D eigenvalue weighted by molar-refractivity contribution is 7.88. The molecule has 196 valence electrons. The van der Waals surface area contributed by atoms with Crippen LogP contribution >= 0.6 is 0 Å². The van der Waals surface area contributed by atoms with Gasteiger partial charge in [-0.3, -0.25) is 15.0 Å². The van der Waals surface area contributed by atoms with Crippen LogP contribution in [0.1, 0.15) is 29.5 Å². The molecule has 2 aromatic rings. The zero-order valence-corrected chi connectivity index (χ0v) is 20.1. The van der Waals surface area contributed by atoms with E-state index < -0.39 is 20.5 Å². The first-order chi connectivity index (χ1) is 17.0. The van der Waals surface area contributed by atoms with Gasteiger partial charge in [0.2, 0.25) is 0 Å². The van der Waals surface area contributed by atoms with E-state index in [0.717, 1.165) is 42.6 Å². The number of rotatable bonds is 12. The van der Waals surface area contributed by atoms with E-state index in [-0.39, 0.29) is 11.4 Å². The predicted octanol–water partition coefficient (Wildman–Crippen LogP) is 4.24. The Morgan fingerprint density at radius 2 is 1.86 bits per heavy atom.